The van der Waals surface area contributed by atoms with Crippen LogP contribution in [0.25, 0.3) is 0 Å². The van der Waals surface area contributed by atoms with Crippen molar-refractivity contribution in [3.63, 3.8) is 0 Å². The Morgan fingerprint density at radius 1 is 1.03 bits per heavy atom. The van der Waals surface area contributed by atoms with Crippen LogP contribution in [0.2, 0.25) is 0 Å². The SMILES string of the molecule is CC(C)(O)[C@@H]1CC[C@]2(C)[C@@H](O[C@@H]3O[C@H](CO)[C@@H](O)[C@H](O)[C@H]3O)C[C@@H](O)[C@](C)(O)[C@H]2C1. The average molecular weight is 435 g/mol. The fourth-order valence-electron chi connectivity index (χ4n) is 5.76. The minimum absolute atomic E-state index is 0.0553. The smallest absolute Gasteiger partial charge is 0.186 e. The lowest BCUT2D eigenvalue weighted by Crippen LogP contribution is -2.66. The van der Waals surface area contributed by atoms with Crippen LogP contribution in [0.1, 0.15) is 53.4 Å². The van der Waals surface area contributed by atoms with E-state index >= 15 is 0 Å². The van der Waals surface area contributed by atoms with Crippen molar-refractivity contribution in [1.82, 2.24) is 0 Å². The second-order valence-electron chi connectivity index (χ2n) is 10.5. The van der Waals surface area contributed by atoms with E-state index in [1.807, 2.05) is 6.92 Å². The molecule has 0 aromatic rings. The number of aliphatic hydroxyl groups is 7. The van der Waals surface area contributed by atoms with E-state index in [0.717, 1.165) is 0 Å². The first kappa shape index (κ1) is 24.3. The molecule has 1 heterocycles. The third-order valence-electron chi connectivity index (χ3n) is 8.05. The summed E-state index contributed by atoms with van der Waals surface area (Å²) in [5.74, 6) is -0.436. The normalized spacial score (nSPS) is 52.7. The molecule has 0 unspecified atom stereocenters. The summed E-state index contributed by atoms with van der Waals surface area (Å²) < 4.78 is 11.6. The molecule has 11 atom stereocenters. The Hall–Kier alpha value is -0.360. The summed E-state index contributed by atoms with van der Waals surface area (Å²) >= 11 is 0. The molecule has 0 spiro atoms. The van der Waals surface area contributed by atoms with Gasteiger partial charge in [0.05, 0.1) is 30.0 Å². The third-order valence-corrected chi connectivity index (χ3v) is 8.05. The number of hydrogen-bond donors (Lipinski definition) is 7. The molecule has 0 bridgehead atoms. The van der Waals surface area contributed by atoms with Crippen molar-refractivity contribution in [2.45, 2.75) is 107 Å². The van der Waals surface area contributed by atoms with E-state index in [1.54, 1.807) is 20.8 Å². The van der Waals surface area contributed by atoms with Crippen molar-refractivity contribution < 1.29 is 45.2 Å². The number of rotatable bonds is 4. The van der Waals surface area contributed by atoms with E-state index in [1.165, 1.54) is 0 Å². The molecule has 2 saturated carbocycles. The first-order valence-electron chi connectivity index (χ1n) is 10.8. The maximum atomic E-state index is 11.1. The van der Waals surface area contributed by atoms with Crippen molar-refractivity contribution in [3.05, 3.63) is 0 Å². The highest BCUT2D eigenvalue weighted by atomic mass is 16.7. The van der Waals surface area contributed by atoms with Crippen molar-refractivity contribution in [3.8, 4) is 0 Å². The molecule has 0 radical (unpaired) electrons. The monoisotopic (exact) mass is 434 g/mol. The average Bonchev–Trinajstić information content (AvgIpc) is 2.65. The first-order valence-corrected chi connectivity index (χ1v) is 10.8. The van der Waals surface area contributed by atoms with E-state index in [-0.39, 0.29) is 18.3 Å². The maximum absolute atomic E-state index is 11.1. The Balaban J connectivity index is 1.85. The fourth-order valence-corrected chi connectivity index (χ4v) is 5.76. The molecule has 7 N–H and O–H groups in total. The molecule has 3 rings (SSSR count). The molecular formula is C21H38O9. The maximum Gasteiger partial charge on any atom is 0.186 e. The van der Waals surface area contributed by atoms with E-state index in [2.05, 4.69) is 0 Å². The van der Waals surface area contributed by atoms with Crippen LogP contribution in [-0.4, -0.2) is 96.5 Å². The van der Waals surface area contributed by atoms with E-state index in [0.29, 0.717) is 19.3 Å². The van der Waals surface area contributed by atoms with Crippen molar-refractivity contribution in [2.24, 2.45) is 17.3 Å². The summed E-state index contributed by atoms with van der Waals surface area (Å²) in [5.41, 5.74) is -2.88. The van der Waals surface area contributed by atoms with Gasteiger partial charge in [-0.05, 0) is 57.3 Å². The minimum atomic E-state index is -1.55. The summed E-state index contributed by atoms with van der Waals surface area (Å²) in [6, 6.07) is 0. The molecule has 9 heteroatoms. The van der Waals surface area contributed by atoms with Gasteiger partial charge in [0.1, 0.15) is 24.4 Å². The third kappa shape index (κ3) is 4.04. The lowest BCUT2D eigenvalue weighted by Gasteiger charge is -2.60. The lowest BCUT2D eigenvalue weighted by molar-refractivity contribution is -0.338. The van der Waals surface area contributed by atoms with E-state index in [4.69, 9.17) is 9.47 Å². The highest BCUT2D eigenvalue weighted by Gasteiger charge is 2.61. The number of hydrogen-bond acceptors (Lipinski definition) is 9. The zero-order valence-electron chi connectivity index (χ0n) is 18.2. The zero-order chi connectivity index (χ0) is 22.6. The minimum Gasteiger partial charge on any atom is -0.394 e. The van der Waals surface area contributed by atoms with Crippen LogP contribution in [0.5, 0.6) is 0 Å². The van der Waals surface area contributed by atoms with Crippen LogP contribution in [0.4, 0.5) is 0 Å². The molecule has 1 aliphatic heterocycles. The van der Waals surface area contributed by atoms with Crippen molar-refractivity contribution in [2.75, 3.05) is 6.61 Å². The van der Waals surface area contributed by atoms with Crippen LogP contribution in [0, 0.1) is 17.3 Å². The van der Waals surface area contributed by atoms with Crippen LogP contribution in [0.3, 0.4) is 0 Å². The number of fused-ring (bicyclic) bond motifs is 1. The molecule has 30 heavy (non-hydrogen) atoms. The highest BCUT2D eigenvalue weighted by molar-refractivity contribution is 5.10. The van der Waals surface area contributed by atoms with E-state index in [9.17, 15) is 35.7 Å². The molecule has 0 amide bonds. The Morgan fingerprint density at radius 3 is 2.23 bits per heavy atom. The molecule has 0 aromatic heterocycles. The van der Waals surface area contributed by atoms with Gasteiger partial charge in [-0.1, -0.05) is 6.92 Å². The predicted octanol–water partition coefficient (Wildman–Crippen LogP) is -1.12. The summed E-state index contributed by atoms with van der Waals surface area (Å²) in [7, 11) is 0. The van der Waals surface area contributed by atoms with Gasteiger partial charge in [-0.3, -0.25) is 0 Å². The largest absolute Gasteiger partial charge is 0.394 e. The summed E-state index contributed by atoms with van der Waals surface area (Å²) in [6.45, 7) is 6.51. The molecule has 9 nitrogen and oxygen atoms in total. The van der Waals surface area contributed by atoms with Crippen LogP contribution < -0.4 is 0 Å². The van der Waals surface area contributed by atoms with Gasteiger partial charge in [0.25, 0.3) is 0 Å². The summed E-state index contributed by atoms with van der Waals surface area (Å²) in [4.78, 5) is 0. The van der Waals surface area contributed by atoms with Gasteiger partial charge in [-0.25, -0.2) is 0 Å². The van der Waals surface area contributed by atoms with Crippen LogP contribution in [-0.2, 0) is 9.47 Å². The quantitative estimate of drug-likeness (QED) is 0.291. The first-order chi connectivity index (χ1) is 13.7. The Kier molecular flexibility index (Phi) is 6.64. The molecular weight excluding hydrogens is 396 g/mol. The van der Waals surface area contributed by atoms with Crippen molar-refractivity contribution >= 4 is 0 Å². The topological polar surface area (TPSA) is 160 Å². The summed E-state index contributed by atoms with van der Waals surface area (Å²) in [6.07, 6.45) is -6.72. The second-order valence-corrected chi connectivity index (χ2v) is 10.5. The van der Waals surface area contributed by atoms with Gasteiger partial charge in [0.2, 0.25) is 0 Å². The Labute approximate surface area is 177 Å². The molecule has 0 aromatic carbocycles. The standard InChI is InChI=1S/C21H38O9/c1-19(2,27)10-5-6-20(3)12(7-10)21(4,28)13(23)8-14(20)30-18-17(26)16(25)15(24)11(9-22)29-18/h10-18,22-28H,5-9H2,1-4H3/t10-,11-,12+,13-,14+,15-,16+,17-,18+,20+,21-/m1/s1. The lowest BCUT2D eigenvalue weighted by atomic mass is 9.50. The van der Waals surface area contributed by atoms with E-state index < -0.39 is 66.1 Å². The van der Waals surface area contributed by atoms with Crippen molar-refractivity contribution in [1.29, 1.82) is 0 Å². The molecule has 3 fully saturated rings. The van der Waals surface area contributed by atoms with Gasteiger partial charge in [0.15, 0.2) is 6.29 Å². The van der Waals surface area contributed by atoms with Gasteiger partial charge in [0, 0.05) is 6.42 Å². The predicted molar refractivity (Wildman–Crippen MR) is 105 cm³/mol. The van der Waals surface area contributed by atoms with Crippen LogP contribution >= 0.6 is 0 Å². The summed E-state index contributed by atoms with van der Waals surface area (Å²) in [5, 5.41) is 72.2. The Morgan fingerprint density at radius 2 is 1.67 bits per heavy atom. The number of ether oxygens (including phenoxy) is 2. The highest BCUT2D eigenvalue weighted by Crippen LogP contribution is 2.58. The molecule has 2 aliphatic carbocycles. The fraction of sp³-hybridized carbons (Fsp3) is 1.00. The molecule has 1 saturated heterocycles. The molecule has 3 aliphatic rings. The van der Waals surface area contributed by atoms with Gasteiger partial charge in [-0.15, -0.1) is 0 Å². The zero-order valence-corrected chi connectivity index (χ0v) is 18.2. The Bertz CT molecular complexity index is 604. The van der Waals surface area contributed by atoms with Gasteiger partial charge < -0.3 is 45.2 Å². The molecule has 176 valence electrons. The second kappa shape index (κ2) is 8.20. The number of aliphatic hydroxyl groups excluding tert-OH is 5. The van der Waals surface area contributed by atoms with Gasteiger partial charge >= 0.3 is 0 Å². The van der Waals surface area contributed by atoms with Gasteiger partial charge in [-0.2, -0.15) is 0 Å². The van der Waals surface area contributed by atoms with Crippen LogP contribution in [0.15, 0.2) is 0 Å².